The highest BCUT2D eigenvalue weighted by Crippen LogP contribution is 2.47. The molecule has 144 valence electrons. The van der Waals surface area contributed by atoms with E-state index in [1.54, 1.807) is 18.4 Å². The first-order valence-electron chi connectivity index (χ1n) is 10.1. The van der Waals surface area contributed by atoms with Crippen LogP contribution < -0.4 is 4.74 Å². The zero-order valence-electron chi connectivity index (χ0n) is 16.6. The molecule has 2 nitrogen and oxygen atoms in total. The van der Waals surface area contributed by atoms with Crippen LogP contribution in [-0.2, 0) is 6.42 Å². The summed E-state index contributed by atoms with van der Waals surface area (Å²) in [6, 6.07) is 19.5. The van der Waals surface area contributed by atoms with Gasteiger partial charge >= 0.3 is 0 Å². The van der Waals surface area contributed by atoms with Crippen molar-refractivity contribution >= 4 is 39.0 Å². The number of thiophene rings is 1. The Kier molecular flexibility index (Phi) is 3.96. The van der Waals surface area contributed by atoms with E-state index in [9.17, 15) is 0 Å². The first kappa shape index (κ1) is 17.4. The molecule has 30 heavy (non-hydrogen) atoms. The molecule has 3 heteroatoms. The summed E-state index contributed by atoms with van der Waals surface area (Å²) in [5.41, 5.74) is 6.48. The van der Waals surface area contributed by atoms with Crippen molar-refractivity contribution in [1.29, 1.82) is 0 Å². The summed E-state index contributed by atoms with van der Waals surface area (Å²) in [6.07, 6.45) is 9.48. The molecular weight excluding hydrogens is 386 g/mol. The fraction of sp³-hybridized carbons (Fsp3) is 0.0741. The molecule has 0 fully saturated rings. The maximum atomic E-state index is 5.39. The lowest BCUT2D eigenvalue weighted by Crippen LogP contribution is -1.94. The van der Waals surface area contributed by atoms with E-state index in [0.717, 1.165) is 12.2 Å². The molecular formula is C27H19NOS. The molecule has 0 bridgehead atoms. The number of methoxy groups -OCH3 is 1. The van der Waals surface area contributed by atoms with Gasteiger partial charge in [0.2, 0.25) is 0 Å². The SMILES string of the molecule is COc1ccc(-c2c3cnccc3c(-c3cccs3)c3c4c(ccc23)CC=C4)cc1. The van der Waals surface area contributed by atoms with Crippen LogP contribution in [0.25, 0.3) is 49.2 Å². The van der Waals surface area contributed by atoms with Gasteiger partial charge < -0.3 is 4.74 Å². The third kappa shape index (κ3) is 2.52. The molecule has 0 N–H and O–H groups in total. The highest BCUT2D eigenvalue weighted by Gasteiger charge is 2.21. The van der Waals surface area contributed by atoms with Crippen LogP contribution in [0.15, 0.2) is 78.4 Å². The van der Waals surface area contributed by atoms with Gasteiger partial charge in [-0.2, -0.15) is 0 Å². The summed E-state index contributed by atoms with van der Waals surface area (Å²) < 4.78 is 5.39. The lowest BCUT2D eigenvalue weighted by Gasteiger charge is -2.19. The minimum absolute atomic E-state index is 0.865. The topological polar surface area (TPSA) is 22.1 Å². The summed E-state index contributed by atoms with van der Waals surface area (Å²) in [4.78, 5) is 5.80. The van der Waals surface area contributed by atoms with Crippen LogP contribution in [0.4, 0.5) is 0 Å². The highest BCUT2D eigenvalue weighted by molar-refractivity contribution is 7.13. The Morgan fingerprint density at radius 3 is 2.60 bits per heavy atom. The summed E-state index contributed by atoms with van der Waals surface area (Å²) in [5, 5.41) is 7.20. The van der Waals surface area contributed by atoms with E-state index in [2.05, 4.69) is 65.0 Å². The van der Waals surface area contributed by atoms with Gasteiger partial charge in [-0.1, -0.05) is 42.5 Å². The van der Waals surface area contributed by atoms with E-state index in [1.165, 1.54) is 54.2 Å². The van der Waals surface area contributed by atoms with Crippen LogP contribution in [-0.4, -0.2) is 12.1 Å². The molecule has 2 heterocycles. The molecule has 1 aliphatic rings. The number of aromatic nitrogens is 1. The number of hydrogen-bond donors (Lipinski definition) is 0. The van der Waals surface area contributed by atoms with Crippen molar-refractivity contribution in [2.45, 2.75) is 6.42 Å². The molecule has 0 saturated heterocycles. The minimum atomic E-state index is 0.865. The number of nitrogens with zero attached hydrogens (tertiary/aromatic N) is 1. The molecule has 6 rings (SSSR count). The third-order valence-electron chi connectivity index (χ3n) is 5.98. The van der Waals surface area contributed by atoms with Gasteiger partial charge in [0.1, 0.15) is 5.75 Å². The number of fused-ring (bicyclic) bond motifs is 4. The highest BCUT2D eigenvalue weighted by atomic mass is 32.1. The van der Waals surface area contributed by atoms with Crippen molar-refractivity contribution in [2.24, 2.45) is 0 Å². The Labute approximate surface area is 179 Å². The van der Waals surface area contributed by atoms with Crippen molar-refractivity contribution in [1.82, 2.24) is 4.98 Å². The standard InChI is InChI=1S/C27H19NOS/c1-29-19-10-7-18(8-11-19)25-22-12-9-17-4-2-5-20(17)26(22)27(24-6-3-15-30-24)21-13-14-28-16-23(21)25/h2-3,5-16H,4H2,1H3. The van der Waals surface area contributed by atoms with E-state index >= 15 is 0 Å². The molecule has 0 amide bonds. The normalized spacial score (nSPS) is 12.6. The molecule has 1 aliphatic carbocycles. The van der Waals surface area contributed by atoms with Crippen molar-refractivity contribution in [2.75, 3.05) is 7.11 Å². The molecule has 3 aromatic carbocycles. The maximum absolute atomic E-state index is 5.39. The first-order valence-corrected chi connectivity index (χ1v) is 10.9. The van der Waals surface area contributed by atoms with Crippen molar-refractivity contribution in [3.63, 3.8) is 0 Å². The van der Waals surface area contributed by atoms with Gasteiger partial charge in [-0.05, 0) is 74.5 Å². The molecule has 0 atom stereocenters. The lowest BCUT2D eigenvalue weighted by molar-refractivity contribution is 0.415. The van der Waals surface area contributed by atoms with Gasteiger partial charge in [0.15, 0.2) is 0 Å². The lowest BCUT2D eigenvalue weighted by atomic mass is 9.86. The Bertz CT molecular complexity index is 1430. The molecule has 0 aliphatic heterocycles. The van der Waals surface area contributed by atoms with Gasteiger partial charge in [-0.3, -0.25) is 4.98 Å². The number of hydrogen-bond acceptors (Lipinski definition) is 3. The van der Waals surface area contributed by atoms with Crippen molar-refractivity contribution < 1.29 is 4.74 Å². The molecule has 0 unspecified atom stereocenters. The zero-order valence-corrected chi connectivity index (χ0v) is 17.4. The van der Waals surface area contributed by atoms with E-state index < -0.39 is 0 Å². The number of pyridine rings is 1. The first-order chi connectivity index (χ1) is 14.8. The Morgan fingerprint density at radius 2 is 1.80 bits per heavy atom. The predicted octanol–water partition coefficient (Wildman–Crippen LogP) is 7.36. The number of rotatable bonds is 3. The Balaban J connectivity index is 1.83. The molecule has 0 spiro atoms. The van der Waals surface area contributed by atoms with Crippen LogP contribution in [0.3, 0.4) is 0 Å². The molecule has 5 aromatic rings. The second-order valence-electron chi connectivity index (χ2n) is 7.54. The van der Waals surface area contributed by atoms with Crippen molar-refractivity contribution in [3.8, 4) is 27.3 Å². The van der Waals surface area contributed by atoms with Crippen molar-refractivity contribution in [3.05, 3.63) is 89.6 Å². The van der Waals surface area contributed by atoms with Gasteiger partial charge in [0.05, 0.1) is 7.11 Å². The molecule has 2 aromatic heterocycles. The predicted molar refractivity (Wildman–Crippen MR) is 127 cm³/mol. The zero-order chi connectivity index (χ0) is 20.1. The summed E-state index contributed by atoms with van der Waals surface area (Å²) in [5.74, 6) is 0.865. The summed E-state index contributed by atoms with van der Waals surface area (Å²) in [7, 11) is 1.70. The van der Waals surface area contributed by atoms with Gasteiger partial charge in [0, 0.05) is 28.2 Å². The van der Waals surface area contributed by atoms with Gasteiger partial charge in [0.25, 0.3) is 0 Å². The van der Waals surface area contributed by atoms with Gasteiger partial charge in [-0.25, -0.2) is 0 Å². The summed E-state index contributed by atoms with van der Waals surface area (Å²) >= 11 is 1.80. The van der Waals surface area contributed by atoms with E-state index in [0.29, 0.717) is 0 Å². The van der Waals surface area contributed by atoms with E-state index in [-0.39, 0.29) is 0 Å². The smallest absolute Gasteiger partial charge is 0.118 e. The minimum Gasteiger partial charge on any atom is -0.497 e. The number of allylic oxidation sites excluding steroid dienone is 1. The largest absolute Gasteiger partial charge is 0.497 e. The fourth-order valence-electron chi connectivity index (χ4n) is 4.65. The second kappa shape index (κ2) is 6.82. The van der Waals surface area contributed by atoms with Crippen LogP contribution in [0.5, 0.6) is 5.75 Å². The van der Waals surface area contributed by atoms with Gasteiger partial charge in [-0.15, -0.1) is 11.3 Å². The summed E-state index contributed by atoms with van der Waals surface area (Å²) in [6.45, 7) is 0. The second-order valence-corrected chi connectivity index (χ2v) is 8.49. The number of ether oxygens (including phenoxy) is 1. The average molecular weight is 406 g/mol. The Hall–Kier alpha value is -3.43. The van der Waals surface area contributed by atoms with Crippen LogP contribution in [0.2, 0.25) is 0 Å². The Morgan fingerprint density at radius 1 is 0.900 bits per heavy atom. The fourth-order valence-corrected chi connectivity index (χ4v) is 5.44. The monoisotopic (exact) mass is 405 g/mol. The van der Waals surface area contributed by atoms with Crippen LogP contribution >= 0.6 is 11.3 Å². The number of benzene rings is 3. The van der Waals surface area contributed by atoms with Crippen LogP contribution in [0.1, 0.15) is 11.1 Å². The van der Waals surface area contributed by atoms with E-state index in [1.807, 2.05) is 24.5 Å². The molecule has 0 saturated carbocycles. The average Bonchev–Trinajstić information content (AvgIpc) is 3.49. The molecule has 0 radical (unpaired) electrons. The third-order valence-corrected chi connectivity index (χ3v) is 6.87. The maximum Gasteiger partial charge on any atom is 0.118 e. The van der Waals surface area contributed by atoms with Crippen LogP contribution in [0, 0.1) is 0 Å². The van der Waals surface area contributed by atoms with E-state index in [4.69, 9.17) is 4.74 Å². The quantitative estimate of drug-likeness (QED) is 0.293.